The van der Waals surface area contributed by atoms with Crippen LogP contribution in [0.4, 0.5) is 5.13 Å². The Bertz CT molecular complexity index is 1380. The Morgan fingerprint density at radius 2 is 1.59 bits per heavy atom. The number of hydrogen-bond acceptors (Lipinski definition) is 5. The molecule has 0 unspecified atom stereocenters. The molecule has 1 aromatic heterocycles. The smallest absolute Gasteiger partial charge is 0.229 e. The number of anilines is 1. The molecular weight excluding hydrogens is 464 g/mol. The number of thiazole rings is 1. The number of hydrogen-bond donors (Lipinski definition) is 0. The number of fused-ring (bicyclic) bond motifs is 1. The molecule has 0 spiro atoms. The van der Waals surface area contributed by atoms with Crippen LogP contribution in [-0.4, -0.2) is 25.1 Å². The van der Waals surface area contributed by atoms with Crippen LogP contribution in [-0.2, 0) is 26.9 Å². The number of rotatable bonds is 9. The third kappa shape index (κ3) is 6.10. The molecule has 0 atom stereocenters. The summed E-state index contributed by atoms with van der Waals surface area (Å²) in [5.74, 6) is -0.149. The van der Waals surface area contributed by atoms with Gasteiger partial charge >= 0.3 is 0 Å². The summed E-state index contributed by atoms with van der Waals surface area (Å²) in [6.45, 7) is 4.47. The Morgan fingerprint density at radius 3 is 2.26 bits per heavy atom. The molecule has 1 amide bonds. The SMILES string of the molecule is Cc1cc(C)c2nc(N(Cc3ccccc3)C(=O)CCCS(=O)(=O)Cc3ccccc3)sc2c1. The van der Waals surface area contributed by atoms with Crippen LogP contribution in [0.1, 0.15) is 35.1 Å². The second kappa shape index (κ2) is 10.5. The van der Waals surface area contributed by atoms with Crippen molar-refractivity contribution in [2.75, 3.05) is 10.7 Å². The van der Waals surface area contributed by atoms with E-state index in [2.05, 4.69) is 19.1 Å². The molecular formula is C27H28N2O3S2. The maximum absolute atomic E-state index is 13.3. The Morgan fingerprint density at radius 1 is 0.941 bits per heavy atom. The van der Waals surface area contributed by atoms with Gasteiger partial charge in [-0.2, -0.15) is 0 Å². The van der Waals surface area contributed by atoms with Crippen molar-refractivity contribution in [1.29, 1.82) is 0 Å². The highest BCUT2D eigenvalue weighted by atomic mass is 32.2. The third-order valence-electron chi connectivity index (χ3n) is 5.61. The van der Waals surface area contributed by atoms with Crippen molar-refractivity contribution in [3.63, 3.8) is 0 Å². The summed E-state index contributed by atoms with van der Waals surface area (Å²) in [5, 5.41) is 0.643. The highest BCUT2D eigenvalue weighted by molar-refractivity contribution is 7.90. The van der Waals surface area contributed by atoms with E-state index >= 15 is 0 Å². The van der Waals surface area contributed by atoms with Gasteiger partial charge in [0.05, 0.1) is 28.3 Å². The van der Waals surface area contributed by atoms with Gasteiger partial charge in [-0.15, -0.1) is 0 Å². The van der Waals surface area contributed by atoms with E-state index in [0.717, 1.165) is 32.5 Å². The molecule has 7 heteroatoms. The maximum Gasteiger partial charge on any atom is 0.229 e. The zero-order chi connectivity index (χ0) is 24.1. The molecule has 3 aromatic carbocycles. The minimum atomic E-state index is -3.29. The molecule has 0 aliphatic heterocycles. The topological polar surface area (TPSA) is 67.3 Å². The molecule has 4 aromatic rings. The average molecular weight is 493 g/mol. The molecule has 0 N–H and O–H groups in total. The monoisotopic (exact) mass is 492 g/mol. The van der Waals surface area contributed by atoms with Gasteiger partial charge in [-0.05, 0) is 48.6 Å². The van der Waals surface area contributed by atoms with Crippen LogP contribution in [0.5, 0.6) is 0 Å². The molecule has 4 rings (SSSR count). The first-order chi connectivity index (χ1) is 16.3. The molecule has 0 saturated carbocycles. The van der Waals surface area contributed by atoms with Crippen LogP contribution in [0.2, 0.25) is 0 Å². The van der Waals surface area contributed by atoms with Gasteiger partial charge in [0.25, 0.3) is 0 Å². The summed E-state index contributed by atoms with van der Waals surface area (Å²) < 4.78 is 26.2. The fourth-order valence-corrected chi connectivity index (χ4v) is 6.57. The average Bonchev–Trinajstić information content (AvgIpc) is 3.22. The standard InChI is InChI=1S/C27H28N2O3S2/c1-20-16-21(2)26-24(17-20)33-27(28-26)29(18-22-10-5-3-6-11-22)25(30)14-9-15-34(31,32)19-23-12-7-4-8-13-23/h3-8,10-13,16-17H,9,14-15,18-19H2,1-2H3. The van der Waals surface area contributed by atoms with Crippen molar-refractivity contribution >= 4 is 42.4 Å². The van der Waals surface area contributed by atoms with E-state index in [4.69, 9.17) is 4.98 Å². The Labute approximate surface area is 205 Å². The molecule has 0 aliphatic rings. The quantitative estimate of drug-likeness (QED) is 0.294. The van der Waals surface area contributed by atoms with Gasteiger partial charge in [-0.25, -0.2) is 13.4 Å². The summed E-state index contributed by atoms with van der Waals surface area (Å²) in [7, 11) is -3.29. The number of aromatic nitrogens is 1. The van der Waals surface area contributed by atoms with Crippen molar-refractivity contribution in [3.05, 3.63) is 95.1 Å². The Kier molecular flexibility index (Phi) is 7.44. The van der Waals surface area contributed by atoms with Gasteiger partial charge in [0, 0.05) is 6.42 Å². The van der Waals surface area contributed by atoms with E-state index < -0.39 is 9.84 Å². The minimum absolute atomic E-state index is 0.00768. The summed E-state index contributed by atoms with van der Waals surface area (Å²) >= 11 is 1.50. The fraction of sp³-hybridized carbons (Fsp3) is 0.259. The molecule has 1 heterocycles. The highest BCUT2D eigenvalue weighted by Gasteiger charge is 2.22. The summed E-state index contributed by atoms with van der Waals surface area (Å²) in [6, 6.07) is 23.1. The number of aryl methyl sites for hydroxylation is 2. The molecule has 176 valence electrons. The Hall–Kier alpha value is -3.03. The van der Waals surface area contributed by atoms with Crippen LogP contribution in [0, 0.1) is 13.8 Å². The number of sulfone groups is 1. The lowest BCUT2D eigenvalue weighted by atomic mass is 10.1. The molecule has 34 heavy (non-hydrogen) atoms. The summed E-state index contributed by atoms with van der Waals surface area (Å²) in [6.07, 6.45) is 0.428. The van der Waals surface area contributed by atoms with E-state index in [0.29, 0.717) is 11.7 Å². The van der Waals surface area contributed by atoms with Crippen LogP contribution < -0.4 is 4.90 Å². The minimum Gasteiger partial charge on any atom is -0.284 e. The van der Waals surface area contributed by atoms with Gasteiger partial charge in [0.15, 0.2) is 15.0 Å². The van der Waals surface area contributed by atoms with Crippen LogP contribution in [0.3, 0.4) is 0 Å². The van der Waals surface area contributed by atoms with Gasteiger partial charge in [-0.3, -0.25) is 9.69 Å². The first kappa shape index (κ1) is 24.1. The van der Waals surface area contributed by atoms with Crippen molar-refractivity contribution < 1.29 is 13.2 Å². The Balaban J connectivity index is 1.51. The van der Waals surface area contributed by atoms with E-state index in [1.165, 1.54) is 11.3 Å². The van der Waals surface area contributed by atoms with Crippen LogP contribution in [0.25, 0.3) is 10.2 Å². The van der Waals surface area contributed by atoms with Crippen LogP contribution >= 0.6 is 11.3 Å². The first-order valence-electron chi connectivity index (χ1n) is 11.3. The van der Waals surface area contributed by atoms with Gasteiger partial charge in [-0.1, -0.05) is 78.1 Å². The van der Waals surface area contributed by atoms with Gasteiger partial charge in [0.1, 0.15) is 0 Å². The normalized spacial score (nSPS) is 11.6. The summed E-state index contributed by atoms with van der Waals surface area (Å²) in [4.78, 5) is 19.8. The molecule has 0 bridgehead atoms. The number of benzene rings is 3. The van der Waals surface area contributed by atoms with Crippen molar-refractivity contribution in [3.8, 4) is 0 Å². The molecule has 0 saturated heterocycles. The van der Waals surface area contributed by atoms with Gasteiger partial charge in [0.2, 0.25) is 5.91 Å². The molecule has 0 fully saturated rings. The van der Waals surface area contributed by atoms with Gasteiger partial charge < -0.3 is 0 Å². The number of nitrogens with zero attached hydrogens (tertiary/aromatic N) is 2. The van der Waals surface area contributed by atoms with E-state index in [-0.39, 0.29) is 30.3 Å². The number of carbonyl (C=O) groups excluding carboxylic acids is 1. The highest BCUT2D eigenvalue weighted by Crippen LogP contribution is 2.33. The predicted molar refractivity (Wildman–Crippen MR) is 140 cm³/mol. The second-order valence-electron chi connectivity index (χ2n) is 8.57. The summed E-state index contributed by atoms with van der Waals surface area (Å²) in [5.41, 5.74) is 4.91. The number of carbonyl (C=O) groups is 1. The fourth-order valence-electron chi connectivity index (χ4n) is 3.98. The second-order valence-corrected chi connectivity index (χ2v) is 11.8. The maximum atomic E-state index is 13.3. The molecule has 5 nitrogen and oxygen atoms in total. The van der Waals surface area contributed by atoms with E-state index in [1.807, 2.05) is 55.5 Å². The lowest BCUT2D eigenvalue weighted by Gasteiger charge is -2.20. The molecule has 0 radical (unpaired) electrons. The first-order valence-corrected chi connectivity index (χ1v) is 13.9. The van der Waals surface area contributed by atoms with Crippen LogP contribution in [0.15, 0.2) is 72.8 Å². The van der Waals surface area contributed by atoms with E-state index in [1.54, 1.807) is 17.0 Å². The number of amides is 1. The zero-order valence-electron chi connectivity index (χ0n) is 19.4. The van der Waals surface area contributed by atoms with Crippen molar-refractivity contribution in [2.45, 2.75) is 39.0 Å². The predicted octanol–water partition coefficient (Wildman–Crippen LogP) is 5.84. The zero-order valence-corrected chi connectivity index (χ0v) is 21.0. The van der Waals surface area contributed by atoms with Crippen molar-refractivity contribution in [1.82, 2.24) is 4.98 Å². The molecule has 0 aliphatic carbocycles. The largest absolute Gasteiger partial charge is 0.284 e. The van der Waals surface area contributed by atoms with Crippen molar-refractivity contribution in [2.24, 2.45) is 0 Å². The third-order valence-corrected chi connectivity index (χ3v) is 8.32. The lowest BCUT2D eigenvalue weighted by molar-refractivity contribution is -0.118. The lowest BCUT2D eigenvalue weighted by Crippen LogP contribution is -2.30. The van der Waals surface area contributed by atoms with E-state index in [9.17, 15) is 13.2 Å².